The van der Waals surface area contributed by atoms with Crippen molar-refractivity contribution in [1.82, 2.24) is 35.2 Å². The van der Waals surface area contributed by atoms with Gasteiger partial charge in [0.25, 0.3) is 0 Å². The number of H-pyrrole nitrogens is 1. The van der Waals surface area contributed by atoms with Gasteiger partial charge in [0, 0.05) is 68.2 Å². The maximum absolute atomic E-state index is 14.1. The van der Waals surface area contributed by atoms with Crippen molar-refractivity contribution in [3.63, 3.8) is 0 Å². The zero-order valence-corrected chi connectivity index (χ0v) is 32.4. The molecule has 3 saturated heterocycles. The number of nitrogens with one attached hydrogen (secondary N) is 2. The zero-order valence-electron chi connectivity index (χ0n) is 31.5. The number of pyridine rings is 1. The van der Waals surface area contributed by atoms with E-state index in [9.17, 15) is 4.79 Å². The minimum absolute atomic E-state index is 0.0592. The Bertz CT molecular complexity index is 2140. The van der Waals surface area contributed by atoms with Crippen LogP contribution in [0.2, 0.25) is 0 Å². The highest BCUT2D eigenvalue weighted by molar-refractivity contribution is 7.16. The molecule has 1 amide bonds. The second kappa shape index (κ2) is 14.3. The summed E-state index contributed by atoms with van der Waals surface area (Å²) in [5.74, 6) is 1.28. The molecule has 3 aromatic heterocycles. The molecule has 5 aliphatic rings. The number of rotatable bonds is 11. The summed E-state index contributed by atoms with van der Waals surface area (Å²) in [5, 5.41) is 22.6. The number of aromatic amines is 1. The van der Waals surface area contributed by atoms with Gasteiger partial charge in [-0.1, -0.05) is 36.5 Å². The summed E-state index contributed by atoms with van der Waals surface area (Å²) in [4.78, 5) is 25.5. The lowest BCUT2D eigenvalue weighted by Gasteiger charge is -2.29. The molecule has 4 atom stereocenters. The van der Waals surface area contributed by atoms with Crippen LogP contribution in [-0.4, -0.2) is 105 Å². The molecule has 282 valence electrons. The van der Waals surface area contributed by atoms with Crippen LogP contribution in [0.3, 0.4) is 0 Å². The van der Waals surface area contributed by atoms with Crippen molar-refractivity contribution in [2.75, 3.05) is 56.0 Å². The van der Waals surface area contributed by atoms with Crippen LogP contribution in [0.25, 0.3) is 27.7 Å². The Morgan fingerprint density at radius 3 is 2.78 bits per heavy atom. The van der Waals surface area contributed by atoms with Gasteiger partial charge in [-0.15, -0.1) is 10.2 Å². The average molecular weight is 748 g/mol. The molecule has 1 aromatic carbocycles. The number of fused-ring (bicyclic) bond motifs is 1. The number of allylic oxidation sites excluding steroid dienone is 4. The number of amides is 1. The van der Waals surface area contributed by atoms with Crippen LogP contribution in [0.15, 0.2) is 65.9 Å². The number of carbonyl (C=O) groups excluding carboxylic acids is 1. The largest absolute Gasteiger partial charge is 0.475 e. The lowest BCUT2D eigenvalue weighted by Crippen LogP contribution is -2.38. The monoisotopic (exact) mass is 747 g/mol. The molecule has 3 fully saturated rings. The Morgan fingerprint density at radius 2 is 2.00 bits per heavy atom. The van der Waals surface area contributed by atoms with E-state index in [-0.39, 0.29) is 29.8 Å². The fraction of sp³-hybridized carbons (Fsp3) is 0.488. The van der Waals surface area contributed by atoms with E-state index >= 15 is 0 Å². The predicted octanol–water partition coefficient (Wildman–Crippen LogP) is 6.53. The molecular weight excluding hydrogens is 699 g/mol. The first-order valence-electron chi connectivity index (χ1n) is 19.5. The van der Waals surface area contributed by atoms with E-state index in [2.05, 4.69) is 78.6 Å². The third-order valence-corrected chi connectivity index (χ3v) is 12.6. The number of benzene rings is 1. The van der Waals surface area contributed by atoms with Crippen LogP contribution < -0.4 is 15.0 Å². The van der Waals surface area contributed by atoms with Crippen LogP contribution in [-0.2, 0) is 9.53 Å². The molecule has 0 radical (unpaired) electrons. The smallest absolute Gasteiger partial charge is 0.234 e. The standard InChI is InChI=1S/C41H49N9O3S/c1-5-42-40-47-46-37(54-40)28-6-9-31(26(4)20-28)27-12-16-49(17-13-27)38-34(53-38)23-48-18-14-41(24-48)15-19-50(39(41)51)30-8-10-33-32(21-30)36(45-44-33)29-7-11-35(43-22-29)52-25(2)3/h6-12,21-22,25-26,34,38H,5,13-20,23-24H2,1-4H3,(H,42,47)(H,44,45)/t26?,34?,38?,41-/m0/s1. The lowest BCUT2D eigenvalue weighted by molar-refractivity contribution is -0.125. The molecule has 54 heavy (non-hydrogen) atoms. The van der Waals surface area contributed by atoms with E-state index in [1.54, 1.807) is 17.5 Å². The molecule has 12 nitrogen and oxygen atoms in total. The fourth-order valence-corrected chi connectivity index (χ4v) is 9.67. The molecule has 3 unspecified atom stereocenters. The first-order chi connectivity index (χ1) is 26.3. The first-order valence-corrected chi connectivity index (χ1v) is 20.3. The van der Waals surface area contributed by atoms with E-state index in [1.807, 2.05) is 43.0 Å². The summed E-state index contributed by atoms with van der Waals surface area (Å²) in [7, 11) is 0. The van der Waals surface area contributed by atoms with Crippen molar-refractivity contribution in [3.05, 3.63) is 70.9 Å². The minimum atomic E-state index is -0.332. The number of nitrogens with zero attached hydrogens (tertiary/aromatic N) is 7. The molecule has 4 aromatic rings. The third-order valence-electron chi connectivity index (χ3n) is 11.7. The number of carbonyl (C=O) groups is 1. The maximum Gasteiger partial charge on any atom is 0.234 e. The van der Waals surface area contributed by atoms with Gasteiger partial charge in [-0.3, -0.25) is 19.7 Å². The number of epoxide rings is 1. The Hall–Kier alpha value is -4.43. The van der Waals surface area contributed by atoms with Gasteiger partial charge in [0.15, 0.2) is 0 Å². The third kappa shape index (κ3) is 6.76. The predicted molar refractivity (Wildman–Crippen MR) is 212 cm³/mol. The molecule has 1 spiro atoms. The van der Waals surface area contributed by atoms with E-state index in [4.69, 9.17) is 9.47 Å². The van der Waals surface area contributed by atoms with Gasteiger partial charge in [-0.2, -0.15) is 5.10 Å². The van der Waals surface area contributed by atoms with Crippen LogP contribution in [0.4, 0.5) is 10.8 Å². The lowest BCUT2D eigenvalue weighted by atomic mass is 9.82. The van der Waals surface area contributed by atoms with Crippen LogP contribution in [0, 0.1) is 11.3 Å². The Kier molecular flexibility index (Phi) is 9.36. The van der Waals surface area contributed by atoms with Gasteiger partial charge < -0.3 is 19.7 Å². The van der Waals surface area contributed by atoms with E-state index in [1.165, 1.54) is 16.7 Å². The Balaban J connectivity index is 0.794. The molecule has 0 saturated carbocycles. The minimum Gasteiger partial charge on any atom is -0.475 e. The second-order valence-corrected chi connectivity index (χ2v) is 16.7. The summed E-state index contributed by atoms with van der Waals surface area (Å²) in [6, 6.07) is 10.0. The molecule has 7 heterocycles. The quantitative estimate of drug-likeness (QED) is 0.164. The molecular formula is C41H49N9O3S. The van der Waals surface area contributed by atoms with Gasteiger partial charge >= 0.3 is 0 Å². The maximum atomic E-state index is 14.1. The molecule has 9 rings (SSSR count). The fourth-order valence-electron chi connectivity index (χ4n) is 8.82. The van der Waals surface area contributed by atoms with Crippen LogP contribution >= 0.6 is 11.3 Å². The van der Waals surface area contributed by atoms with E-state index in [0.717, 1.165) is 109 Å². The molecule has 0 bridgehead atoms. The van der Waals surface area contributed by atoms with Gasteiger partial charge in [0.05, 0.1) is 17.0 Å². The highest BCUT2D eigenvalue weighted by Crippen LogP contribution is 2.44. The highest BCUT2D eigenvalue weighted by atomic mass is 32.1. The number of aromatic nitrogens is 5. The van der Waals surface area contributed by atoms with Crippen LogP contribution in [0.5, 0.6) is 5.88 Å². The summed E-state index contributed by atoms with van der Waals surface area (Å²) in [6.07, 6.45) is 13.0. The molecule has 2 N–H and O–H groups in total. The van der Waals surface area contributed by atoms with Crippen molar-refractivity contribution in [1.29, 1.82) is 0 Å². The van der Waals surface area contributed by atoms with Gasteiger partial charge in [0.1, 0.15) is 23.0 Å². The van der Waals surface area contributed by atoms with E-state index in [0.29, 0.717) is 11.8 Å². The Labute approximate surface area is 320 Å². The van der Waals surface area contributed by atoms with Gasteiger partial charge in [-0.05, 0) is 99.9 Å². The van der Waals surface area contributed by atoms with Crippen molar-refractivity contribution in [2.45, 2.75) is 71.8 Å². The van der Waals surface area contributed by atoms with Crippen molar-refractivity contribution < 1.29 is 14.3 Å². The normalized spacial score (nSPS) is 26.2. The van der Waals surface area contributed by atoms with Crippen LogP contribution in [0.1, 0.15) is 58.4 Å². The Morgan fingerprint density at radius 1 is 1.11 bits per heavy atom. The van der Waals surface area contributed by atoms with Gasteiger partial charge in [-0.25, -0.2) is 4.98 Å². The average Bonchev–Trinajstić information content (AvgIpc) is 3.54. The SMILES string of the molecule is CCNc1nnc(C2=CC=C(C3=CCN(C4OC4CN4CC[C@]5(CCN(c6ccc7[nH]nc(-c8ccc(OC(C)C)nc8)c7c6)C5=O)C4)CC3)C(C)C2)s1. The van der Waals surface area contributed by atoms with Crippen molar-refractivity contribution in [3.8, 4) is 17.1 Å². The van der Waals surface area contributed by atoms with Gasteiger partial charge in [0.2, 0.25) is 16.9 Å². The van der Waals surface area contributed by atoms with Crippen molar-refractivity contribution >= 4 is 44.5 Å². The molecule has 13 heteroatoms. The topological polar surface area (TPSA) is 128 Å². The number of likely N-dealkylation sites (tertiary alicyclic amines) is 1. The first kappa shape index (κ1) is 35.3. The van der Waals surface area contributed by atoms with Crippen molar-refractivity contribution in [2.24, 2.45) is 11.3 Å². The summed E-state index contributed by atoms with van der Waals surface area (Å²) < 4.78 is 12.0. The zero-order chi connectivity index (χ0) is 37.0. The molecule has 1 aliphatic carbocycles. The number of hydrogen-bond donors (Lipinski definition) is 2. The summed E-state index contributed by atoms with van der Waals surface area (Å²) >= 11 is 1.63. The number of ether oxygens (including phenoxy) is 2. The highest BCUT2D eigenvalue weighted by Gasteiger charge is 2.53. The summed E-state index contributed by atoms with van der Waals surface area (Å²) in [6.45, 7) is 14.5. The number of hydrogen-bond acceptors (Lipinski definition) is 11. The molecule has 4 aliphatic heterocycles. The van der Waals surface area contributed by atoms with E-state index < -0.39 is 0 Å². The summed E-state index contributed by atoms with van der Waals surface area (Å²) in [5.41, 5.74) is 7.43. The number of anilines is 2. The second-order valence-electron chi connectivity index (χ2n) is 15.7.